The van der Waals surface area contributed by atoms with Crippen molar-refractivity contribution in [3.8, 4) is 0 Å². The molecule has 1 unspecified atom stereocenters. The van der Waals surface area contributed by atoms with E-state index in [1.807, 2.05) is 0 Å². The molecule has 3 aromatic rings. The molecular weight excluding hydrogens is 432 g/mol. The summed E-state index contributed by atoms with van der Waals surface area (Å²) in [6.07, 6.45) is 1.49. The van der Waals surface area contributed by atoms with Gasteiger partial charge in [-0.1, -0.05) is 0 Å². The highest BCUT2D eigenvalue weighted by Gasteiger charge is 2.40. The van der Waals surface area contributed by atoms with Crippen molar-refractivity contribution >= 4 is 46.8 Å². The minimum atomic E-state index is -0.564. The summed E-state index contributed by atoms with van der Waals surface area (Å²) in [4.78, 5) is 50.9. The molecule has 0 bridgehead atoms. The number of anilines is 2. The number of carbonyl (C=O) groups excluding carboxylic acids is 4. The van der Waals surface area contributed by atoms with Gasteiger partial charge in [-0.15, -0.1) is 11.8 Å². The lowest BCUT2D eigenvalue weighted by atomic mass is 10.2. The van der Waals surface area contributed by atoms with Crippen LogP contribution < -0.4 is 10.2 Å². The Morgan fingerprint density at radius 3 is 2.41 bits per heavy atom. The number of imide groups is 1. The molecule has 1 N–H and O–H groups in total. The molecule has 3 amide bonds. The van der Waals surface area contributed by atoms with Crippen LogP contribution in [0.25, 0.3) is 0 Å². The number of hydrogen-bond donors (Lipinski definition) is 1. The summed E-state index contributed by atoms with van der Waals surface area (Å²) in [6.45, 7) is 0. The summed E-state index contributed by atoms with van der Waals surface area (Å²) >= 11 is 1.28. The van der Waals surface area contributed by atoms with E-state index in [1.54, 1.807) is 48.5 Å². The highest BCUT2D eigenvalue weighted by molar-refractivity contribution is 8.00. The number of carbonyl (C=O) groups is 4. The van der Waals surface area contributed by atoms with Crippen LogP contribution >= 0.6 is 11.8 Å². The van der Waals surface area contributed by atoms with Crippen LogP contribution in [0.4, 0.5) is 11.4 Å². The predicted octanol–water partition coefficient (Wildman–Crippen LogP) is 3.74. The maximum absolute atomic E-state index is 12.9. The Labute approximate surface area is 187 Å². The van der Waals surface area contributed by atoms with Gasteiger partial charge in [0.25, 0.3) is 5.91 Å². The van der Waals surface area contributed by atoms with Gasteiger partial charge in [0.1, 0.15) is 0 Å². The van der Waals surface area contributed by atoms with Crippen LogP contribution in [0.1, 0.15) is 27.3 Å². The van der Waals surface area contributed by atoms with E-state index in [0.29, 0.717) is 16.9 Å². The van der Waals surface area contributed by atoms with Crippen molar-refractivity contribution in [2.24, 2.45) is 0 Å². The first kappa shape index (κ1) is 21.4. The minimum absolute atomic E-state index is 0.0687. The first-order valence-electron chi connectivity index (χ1n) is 9.63. The van der Waals surface area contributed by atoms with Crippen LogP contribution in [-0.2, 0) is 14.3 Å². The number of ether oxygens (including phenoxy) is 1. The number of rotatable bonds is 6. The molecule has 0 aliphatic carbocycles. The van der Waals surface area contributed by atoms with Crippen molar-refractivity contribution in [3.05, 3.63) is 78.3 Å². The van der Waals surface area contributed by atoms with E-state index in [4.69, 9.17) is 4.42 Å². The molecule has 8 nitrogen and oxygen atoms in total. The van der Waals surface area contributed by atoms with E-state index in [9.17, 15) is 19.2 Å². The smallest absolute Gasteiger partial charge is 0.337 e. The largest absolute Gasteiger partial charge is 0.465 e. The number of furan rings is 1. The number of methoxy groups -OCH3 is 1. The van der Waals surface area contributed by atoms with Gasteiger partial charge in [-0.25, -0.2) is 9.69 Å². The van der Waals surface area contributed by atoms with Crippen molar-refractivity contribution in [3.63, 3.8) is 0 Å². The summed E-state index contributed by atoms with van der Waals surface area (Å²) in [6, 6.07) is 16.3. The fraction of sp³-hybridized carbons (Fsp3) is 0.130. The van der Waals surface area contributed by atoms with Gasteiger partial charge in [-0.3, -0.25) is 14.4 Å². The van der Waals surface area contributed by atoms with Gasteiger partial charge >= 0.3 is 5.97 Å². The number of thioether (sulfide) groups is 1. The van der Waals surface area contributed by atoms with Crippen molar-refractivity contribution in [1.82, 2.24) is 0 Å². The zero-order chi connectivity index (χ0) is 22.7. The molecule has 9 heteroatoms. The maximum atomic E-state index is 12.9. The fourth-order valence-corrected chi connectivity index (χ4v) is 4.27. The van der Waals surface area contributed by atoms with Crippen LogP contribution in [0.5, 0.6) is 0 Å². The number of benzene rings is 2. The molecule has 1 aliphatic heterocycles. The van der Waals surface area contributed by atoms with Crippen molar-refractivity contribution < 1.29 is 28.3 Å². The second kappa shape index (κ2) is 9.11. The van der Waals surface area contributed by atoms with Gasteiger partial charge in [0, 0.05) is 17.0 Å². The van der Waals surface area contributed by atoms with Gasteiger partial charge in [-0.2, -0.15) is 0 Å². The number of amides is 3. The van der Waals surface area contributed by atoms with Crippen molar-refractivity contribution in [1.29, 1.82) is 0 Å². The summed E-state index contributed by atoms with van der Waals surface area (Å²) in [5.74, 6) is -1.27. The molecule has 1 atom stereocenters. The Bertz CT molecular complexity index is 1160. The van der Waals surface area contributed by atoms with E-state index in [0.717, 1.165) is 9.80 Å². The number of esters is 1. The molecule has 2 aromatic carbocycles. The molecule has 0 spiro atoms. The molecule has 4 rings (SSSR count). The second-order valence-electron chi connectivity index (χ2n) is 6.87. The van der Waals surface area contributed by atoms with Crippen LogP contribution in [0.3, 0.4) is 0 Å². The monoisotopic (exact) mass is 450 g/mol. The SMILES string of the molecule is COC(=O)c1ccc(N2C(=O)CC(Sc3ccc(NC(=O)c4ccco4)cc3)C2=O)cc1. The lowest BCUT2D eigenvalue weighted by molar-refractivity contribution is -0.121. The molecule has 1 saturated heterocycles. The Morgan fingerprint density at radius 2 is 1.78 bits per heavy atom. The van der Waals surface area contributed by atoms with E-state index in [-0.39, 0.29) is 29.9 Å². The van der Waals surface area contributed by atoms with E-state index in [2.05, 4.69) is 10.1 Å². The van der Waals surface area contributed by atoms with Gasteiger partial charge in [0.05, 0.1) is 29.9 Å². The maximum Gasteiger partial charge on any atom is 0.337 e. The molecular formula is C23H18N2O6S. The van der Waals surface area contributed by atoms with E-state index >= 15 is 0 Å². The zero-order valence-corrected chi connectivity index (χ0v) is 17.8. The van der Waals surface area contributed by atoms with E-state index in [1.165, 1.54) is 37.3 Å². The van der Waals surface area contributed by atoms with Gasteiger partial charge < -0.3 is 14.5 Å². The molecule has 1 aliphatic rings. The molecule has 0 radical (unpaired) electrons. The summed E-state index contributed by atoms with van der Waals surface area (Å²) in [7, 11) is 1.28. The van der Waals surface area contributed by atoms with Crippen LogP contribution in [-0.4, -0.2) is 36.1 Å². The number of nitrogens with zero attached hydrogens (tertiary/aromatic N) is 1. The summed E-state index contributed by atoms with van der Waals surface area (Å²) < 4.78 is 9.72. The number of nitrogens with one attached hydrogen (secondary N) is 1. The van der Waals surface area contributed by atoms with E-state index < -0.39 is 11.2 Å². The van der Waals surface area contributed by atoms with Crippen LogP contribution in [0, 0.1) is 0 Å². The first-order valence-corrected chi connectivity index (χ1v) is 10.5. The first-order chi connectivity index (χ1) is 15.5. The molecule has 2 heterocycles. The molecule has 0 saturated carbocycles. The second-order valence-corrected chi connectivity index (χ2v) is 8.15. The highest BCUT2D eigenvalue weighted by atomic mass is 32.2. The van der Waals surface area contributed by atoms with Gasteiger partial charge in [-0.05, 0) is 60.7 Å². The molecule has 32 heavy (non-hydrogen) atoms. The average Bonchev–Trinajstić information content (AvgIpc) is 3.43. The third-order valence-corrected chi connectivity index (χ3v) is 5.98. The topological polar surface area (TPSA) is 106 Å². The Kier molecular flexibility index (Phi) is 6.09. The minimum Gasteiger partial charge on any atom is -0.465 e. The van der Waals surface area contributed by atoms with Crippen LogP contribution in [0.2, 0.25) is 0 Å². The fourth-order valence-electron chi connectivity index (χ4n) is 3.21. The zero-order valence-electron chi connectivity index (χ0n) is 16.9. The van der Waals surface area contributed by atoms with Crippen LogP contribution in [0.15, 0.2) is 76.2 Å². The Hall–Kier alpha value is -3.85. The third kappa shape index (κ3) is 4.42. The highest BCUT2D eigenvalue weighted by Crippen LogP contribution is 2.34. The van der Waals surface area contributed by atoms with Crippen molar-refractivity contribution in [2.75, 3.05) is 17.3 Å². The lowest BCUT2D eigenvalue weighted by Gasteiger charge is -2.15. The average molecular weight is 450 g/mol. The quantitative estimate of drug-likeness (QED) is 0.450. The summed E-state index contributed by atoms with van der Waals surface area (Å²) in [5, 5.41) is 2.16. The standard InChI is InChI=1S/C23H18N2O6S/c1-30-23(29)14-4-8-16(9-5-14)25-20(26)13-19(22(25)28)32-17-10-6-15(7-11-17)24-21(27)18-3-2-12-31-18/h2-12,19H,13H2,1H3,(H,24,27). The van der Waals surface area contributed by atoms with Crippen molar-refractivity contribution in [2.45, 2.75) is 16.6 Å². The number of hydrogen-bond acceptors (Lipinski definition) is 7. The molecule has 1 fully saturated rings. The molecule has 162 valence electrons. The van der Waals surface area contributed by atoms with Gasteiger partial charge in [0.2, 0.25) is 11.8 Å². The summed E-state index contributed by atoms with van der Waals surface area (Å²) in [5.41, 5.74) is 1.32. The predicted molar refractivity (Wildman–Crippen MR) is 118 cm³/mol. The molecule has 1 aromatic heterocycles. The van der Waals surface area contributed by atoms with Gasteiger partial charge in [0.15, 0.2) is 5.76 Å². The third-order valence-electron chi connectivity index (χ3n) is 4.79. The Balaban J connectivity index is 1.40. The normalized spacial score (nSPS) is 15.7. The Morgan fingerprint density at radius 1 is 1.06 bits per heavy atom. The lowest BCUT2D eigenvalue weighted by Crippen LogP contribution is -2.31.